The van der Waals surface area contributed by atoms with Crippen LogP contribution in [0.25, 0.3) is 0 Å². The molecule has 2 heterocycles. The Kier molecular flexibility index (Phi) is 5.04. The second-order valence-electron chi connectivity index (χ2n) is 8.34. The van der Waals surface area contributed by atoms with Gasteiger partial charge in [0, 0.05) is 12.5 Å². The van der Waals surface area contributed by atoms with Gasteiger partial charge in [-0.25, -0.2) is 0 Å². The van der Waals surface area contributed by atoms with E-state index in [4.69, 9.17) is 24.4 Å². The zero-order valence-corrected chi connectivity index (χ0v) is 17.6. The lowest BCUT2D eigenvalue weighted by Crippen LogP contribution is -2.59. The van der Waals surface area contributed by atoms with Gasteiger partial charge < -0.3 is 18.9 Å². The molecule has 0 spiro atoms. The van der Waals surface area contributed by atoms with E-state index in [9.17, 15) is 15.8 Å². The summed E-state index contributed by atoms with van der Waals surface area (Å²) in [5.41, 5.74) is -3.23. The second-order valence-corrected chi connectivity index (χ2v) is 8.34. The van der Waals surface area contributed by atoms with E-state index in [2.05, 4.69) is 18.2 Å². The first-order valence-electron chi connectivity index (χ1n) is 10.4. The number of nitrogens with one attached hydrogen (secondary N) is 1. The molecule has 8 heteroatoms. The highest BCUT2D eigenvalue weighted by atomic mass is 16.7. The molecule has 4 unspecified atom stereocenters. The van der Waals surface area contributed by atoms with Crippen molar-refractivity contribution in [3.05, 3.63) is 23.8 Å². The molecule has 2 aliphatic heterocycles. The fraction of sp³-hybridized carbons (Fsp3) is 0.565. The fourth-order valence-corrected chi connectivity index (χ4v) is 5.50. The fourth-order valence-electron chi connectivity index (χ4n) is 5.50. The summed E-state index contributed by atoms with van der Waals surface area (Å²) < 4.78 is 23.3. The summed E-state index contributed by atoms with van der Waals surface area (Å²) in [7, 11) is 3.01. The van der Waals surface area contributed by atoms with Gasteiger partial charge in [-0.05, 0) is 30.5 Å². The first-order valence-corrected chi connectivity index (χ1v) is 10.4. The number of methoxy groups -OCH3 is 2. The number of benzene rings is 1. The van der Waals surface area contributed by atoms with Gasteiger partial charge in [-0.1, -0.05) is 19.3 Å². The average Bonchev–Trinajstić information content (AvgIpc) is 2.95. The normalized spacial score (nSPS) is 33.3. The smallest absolute Gasteiger partial charge is 0.217 e. The van der Waals surface area contributed by atoms with Gasteiger partial charge >= 0.3 is 0 Å². The van der Waals surface area contributed by atoms with Crippen LogP contribution in [0.2, 0.25) is 0 Å². The van der Waals surface area contributed by atoms with Crippen molar-refractivity contribution in [1.82, 2.24) is 0 Å². The van der Waals surface area contributed by atoms with E-state index >= 15 is 0 Å². The molecule has 0 aromatic heterocycles. The number of ether oxygens (including phenoxy) is 4. The van der Waals surface area contributed by atoms with Crippen LogP contribution in [0.1, 0.15) is 50.2 Å². The molecule has 3 aliphatic rings. The third-order valence-electron chi connectivity index (χ3n) is 6.99. The highest BCUT2D eigenvalue weighted by Crippen LogP contribution is 2.68. The molecule has 0 amide bonds. The van der Waals surface area contributed by atoms with E-state index in [1.54, 1.807) is 18.2 Å². The summed E-state index contributed by atoms with van der Waals surface area (Å²) in [5, 5.41) is 39.8. The lowest BCUT2D eigenvalue weighted by Gasteiger charge is -2.50. The maximum atomic E-state index is 10.4. The Labute approximate surface area is 181 Å². The summed E-state index contributed by atoms with van der Waals surface area (Å²) in [4.78, 5) is 0. The predicted molar refractivity (Wildman–Crippen MR) is 108 cm³/mol. The minimum Gasteiger partial charge on any atom is -0.497 e. The molecular formula is C23H24N4O4. The predicted octanol–water partition coefficient (Wildman–Crippen LogP) is 3.99. The molecule has 3 fully saturated rings. The van der Waals surface area contributed by atoms with Crippen molar-refractivity contribution in [3.8, 4) is 29.7 Å². The highest BCUT2D eigenvalue weighted by Gasteiger charge is 2.80. The molecule has 2 saturated heterocycles. The van der Waals surface area contributed by atoms with Crippen molar-refractivity contribution >= 4 is 5.90 Å². The maximum Gasteiger partial charge on any atom is 0.217 e. The van der Waals surface area contributed by atoms with Gasteiger partial charge in [0.05, 0.1) is 38.3 Å². The largest absolute Gasteiger partial charge is 0.497 e. The standard InChI is InChI=1S/C23H24N4O4/c1-28-16-9-15(10-17(11-16)29-2)19-21(12-24,13-25)22(14-26)18-7-5-3-4-6-8-23(18,30-19)31-20(22)27/h9-11,18-19,27H,3-8H2,1-2H3. The van der Waals surface area contributed by atoms with Gasteiger partial charge in [-0.15, -0.1) is 0 Å². The van der Waals surface area contributed by atoms with Crippen LogP contribution in [0.15, 0.2) is 18.2 Å². The van der Waals surface area contributed by atoms with Gasteiger partial charge in [0.2, 0.25) is 17.1 Å². The van der Waals surface area contributed by atoms with Crippen LogP contribution in [0.3, 0.4) is 0 Å². The van der Waals surface area contributed by atoms with E-state index in [0.29, 0.717) is 29.9 Å². The highest BCUT2D eigenvalue weighted by molar-refractivity contribution is 5.89. The Hall–Kier alpha value is -3.28. The summed E-state index contributed by atoms with van der Waals surface area (Å²) in [6, 6.07) is 11.4. The van der Waals surface area contributed by atoms with Gasteiger partial charge in [0.25, 0.3) is 0 Å². The van der Waals surface area contributed by atoms with Crippen LogP contribution in [-0.4, -0.2) is 25.9 Å². The third kappa shape index (κ3) is 2.63. The van der Waals surface area contributed by atoms with Crippen molar-refractivity contribution < 1.29 is 18.9 Å². The Bertz CT molecular complexity index is 999. The topological polar surface area (TPSA) is 132 Å². The number of nitriles is 3. The zero-order chi connectivity index (χ0) is 22.3. The van der Waals surface area contributed by atoms with Crippen molar-refractivity contribution in [2.45, 2.75) is 50.4 Å². The van der Waals surface area contributed by atoms with Gasteiger partial charge in [0.15, 0.2) is 5.41 Å². The van der Waals surface area contributed by atoms with Crippen LogP contribution in [0.5, 0.6) is 11.5 Å². The van der Waals surface area contributed by atoms with Crippen LogP contribution in [0, 0.1) is 56.2 Å². The van der Waals surface area contributed by atoms with Crippen LogP contribution in [0.4, 0.5) is 0 Å². The molecular weight excluding hydrogens is 396 g/mol. The number of hydrogen-bond acceptors (Lipinski definition) is 8. The van der Waals surface area contributed by atoms with Crippen molar-refractivity contribution in [1.29, 1.82) is 21.2 Å². The molecule has 2 bridgehead atoms. The number of hydrogen-bond donors (Lipinski definition) is 1. The maximum absolute atomic E-state index is 10.4. The molecule has 31 heavy (non-hydrogen) atoms. The molecule has 1 aromatic rings. The van der Waals surface area contributed by atoms with Crippen molar-refractivity contribution in [2.75, 3.05) is 14.2 Å². The minimum atomic E-state index is -1.97. The van der Waals surface area contributed by atoms with Crippen molar-refractivity contribution in [3.63, 3.8) is 0 Å². The van der Waals surface area contributed by atoms with E-state index < -0.39 is 28.6 Å². The Morgan fingerprint density at radius 3 is 2.19 bits per heavy atom. The summed E-state index contributed by atoms with van der Waals surface area (Å²) in [5.74, 6) is -1.20. The van der Waals surface area contributed by atoms with E-state index in [1.807, 2.05) is 0 Å². The van der Waals surface area contributed by atoms with E-state index in [0.717, 1.165) is 25.7 Å². The molecule has 4 rings (SSSR count). The first kappa shape index (κ1) is 21.0. The lowest BCUT2D eigenvalue weighted by molar-refractivity contribution is -0.289. The lowest BCUT2D eigenvalue weighted by atomic mass is 9.52. The minimum absolute atomic E-state index is 0.345. The molecule has 1 aromatic carbocycles. The third-order valence-corrected chi connectivity index (χ3v) is 6.99. The van der Waals surface area contributed by atoms with Gasteiger partial charge in [-0.3, -0.25) is 5.41 Å². The van der Waals surface area contributed by atoms with Gasteiger partial charge in [-0.2, -0.15) is 15.8 Å². The SMILES string of the molecule is COc1cc(OC)cc(C2OC34CCCCCCC3C(C#N)(C(=N)O4)C2(C#N)C#N)c1. The van der Waals surface area contributed by atoms with Gasteiger partial charge in [0.1, 0.15) is 17.6 Å². The number of rotatable bonds is 3. The molecule has 8 nitrogen and oxygen atoms in total. The molecule has 160 valence electrons. The second kappa shape index (κ2) is 7.45. The quantitative estimate of drug-likeness (QED) is 0.781. The molecule has 0 radical (unpaired) electrons. The van der Waals surface area contributed by atoms with E-state index in [1.165, 1.54) is 14.2 Å². The molecule has 4 atom stereocenters. The molecule has 1 aliphatic carbocycles. The molecule has 1 saturated carbocycles. The summed E-state index contributed by atoms with van der Waals surface area (Å²) >= 11 is 0. The Morgan fingerprint density at radius 2 is 1.61 bits per heavy atom. The summed E-state index contributed by atoms with van der Waals surface area (Å²) in [6.45, 7) is 0. The average molecular weight is 420 g/mol. The Morgan fingerprint density at radius 1 is 0.968 bits per heavy atom. The molecule has 1 N–H and O–H groups in total. The monoisotopic (exact) mass is 420 g/mol. The zero-order valence-electron chi connectivity index (χ0n) is 17.6. The number of nitrogens with zero attached hydrogens (tertiary/aromatic N) is 3. The Balaban J connectivity index is 1.99. The van der Waals surface area contributed by atoms with Crippen LogP contribution < -0.4 is 9.47 Å². The van der Waals surface area contributed by atoms with Crippen molar-refractivity contribution in [2.24, 2.45) is 16.7 Å². The van der Waals surface area contributed by atoms with Crippen LogP contribution in [-0.2, 0) is 9.47 Å². The first-order chi connectivity index (χ1) is 15.0. The van der Waals surface area contributed by atoms with E-state index in [-0.39, 0.29) is 5.90 Å². The summed E-state index contributed by atoms with van der Waals surface area (Å²) in [6.07, 6.45) is 3.54. The van der Waals surface area contributed by atoms with Crippen LogP contribution >= 0.6 is 0 Å².